The van der Waals surface area contributed by atoms with Gasteiger partial charge in [0.15, 0.2) is 0 Å². The predicted molar refractivity (Wildman–Crippen MR) is 78.1 cm³/mol. The molecular weight excluding hydrogens is 244 g/mol. The van der Waals surface area contributed by atoms with Gasteiger partial charge in [0.25, 0.3) is 0 Å². The molecule has 1 aliphatic rings. The quantitative estimate of drug-likeness (QED) is 0.827. The molecule has 1 aliphatic heterocycles. The van der Waals surface area contributed by atoms with Crippen LogP contribution in [0.5, 0.6) is 5.75 Å². The van der Waals surface area contributed by atoms with Gasteiger partial charge in [0, 0.05) is 6.54 Å². The van der Waals surface area contributed by atoms with E-state index in [1.165, 1.54) is 32.4 Å². The van der Waals surface area contributed by atoms with Crippen LogP contribution < -0.4 is 10.5 Å². The summed E-state index contributed by atoms with van der Waals surface area (Å²) < 4.78 is 5.79. The second kappa shape index (κ2) is 6.71. The lowest BCUT2D eigenvalue weighted by Crippen LogP contribution is -2.33. The maximum Gasteiger partial charge on any atom is 0.129 e. The average Bonchev–Trinajstić information content (AvgIpc) is 2.40. The molecule has 1 aromatic rings. The monoisotopic (exact) mass is 264 g/mol. The van der Waals surface area contributed by atoms with Crippen molar-refractivity contribution in [3.8, 4) is 5.75 Å². The number of para-hydroxylation sites is 1. The van der Waals surface area contributed by atoms with Gasteiger partial charge in [-0.05, 0) is 38.1 Å². The van der Waals surface area contributed by atoms with Crippen molar-refractivity contribution >= 4 is 17.2 Å². The molecule has 98 valence electrons. The van der Waals surface area contributed by atoms with Crippen LogP contribution in [0.1, 0.15) is 24.8 Å². The van der Waals surface area contributed by atoms with E-state index >= 15 is 0 Å². The van der Waals surface area contributed by atoms with Gasteiger partial charge in [-0.2, -0.15) is 0 Å². The molecule has 0 spiro atoms. The summed E-state index contributed by atoms with van der Waals surface area (Å²) in [6, 6.07) is 7.69. The standard InChI is InChI=1S/C14H20N2OS/c15-14(18)12-6-2-3-7-13(12)17-11-10-16-8-4-1-5-9-16/h2-3,6-7H,1,4-5,8-11H2,(H2,15,18). The number of likely N-dealkylation sites (tertiary alicyclic amines) is 1. The summed E-state index contributed by atoms with van der Waals surface area (Å²) >= 11 is 5.01. The van der Waals surface area contributed by atoms with E-state index in [4.69, 9.17) is 22.7 Å². The molecule has 3 nitrogen and oxygen atoms in total. The minimum absolute atomic E-state index is 0.392. The Labute approximate surface area is 114 Å². The summed E-state index contributed by atoms with van der Waals surface area (Å²) in [5.74, 6) is 0.794. The lowest BCUT2D eigenvalue weighted by atomic mass is 10.1. The van der Waals surface area contributed by atoms with Crippen molar-refractivity contribution in [3.05, 3.63) is 29.8 Å². The average molecular weight is 264 g/mol. The Bertz CT molecular complexity index is 403. The third-order valence-electron chi connectivity index (χ3n) is 3.27. The highest BCUT2D eigenvalue weighted by Crippen LogP contribution is 2.17. The lowest BCUT2D eigenvalue weighted by molar-refractivity contribution is 0.183. The molecule has 0 bridgehead atoms. The first-order chi connectivity index (χ1) is 8.77. The minimum atomic E-state index is 0.392. The fourth-order valence-corrected chi connectivity index (χ4v) is 2.43. The number of nitrogens with zero attached hydrogens (tertiary/aromatic N) is 1. The zero-order valence-electron chi connectivity index (χ0n) is 10.6. The molecular formula is C14H20N2OS. The van der Waals surface area contributed by atoms with Crippen LogP contribution in [-0.4, -0.2) is 36.1 Å². The Hall–Kier alpha value is -1.13. The summed E-state index contributed by atoms with van der Waals surface area (Å²) in [6.45, 7) is 4.06. The molecule has 0 radical (unpaired) electrons. The van der Waals surface area contributed by atoms with Gasteiger partial charge in [-0.1, -0.05) is 30.8 Å². The van der Waals surface area contributed by atoms with Crippen molar-refractivity contribution in [1.82, 2.24) is 4.90 Å². The van der Waals surface area contributed by atoms with E-state index < -0.39 is 0 Å². The van der Waals surface area contributed by atoms with Crippen LogP contribution in [0.25, 0.3) is 0 Å². The number of rotatable bonds is 5. The second-order valence-electron chi connectivity index (χ2n) is 4.61. The van der Waals surface area contributed by atoms with Crippen molar-refractivity contribution < 1.29 is 4.74 Å². The van der Waals surface area contributed by atoms with Crippen LogP contribution >= 0.6 is 12.2 Å². The summed E-state index contributed by atoms with van der Waals surface area (Å²) in [4.78, 5) is 2.84. The summed E-state index contributed by atoms with van der Waals surface area (Å²) in [5.41, 5.74) is 6.50. The Morgan fingerprint density at radius 2 is 1.94 bits per heavy atom. The topological polar surface area (TPSA) is 38.5 Å². The van der Waals surface area contributed by atoms with E-state index in [1.54, 1.807) is 0 Å². The lowest BCUT2D eigenvalue weighted by Gasteiger charge is -2.26. The minimum Gasteiger partial charge on any atom is -0.492 e. The zero-order chi connectivity index (χ0) is 12.8. The van der Waals surface area contributed by atoms with Gasteiger partial charge in [0.1, 0.15) is 17.3 Å². The van der Waals surface area contributed by atoms with Crippen LogP contribution in [0, 0.1) is 0 Å². The number of thiocarbonyl (C=S) groups is 1. The highest BCUT2D eigenvalue weighted by Gasteiger charge is 2.10. The van der Waals surface area contributed by atoms with Crippen molar-refractivity contribution in [1.29, 1.82) is 0 Å². The summed E-state index contributed by atoms with van der Waals surface area (Å²) in [5, 5.41) is 0. The Morgan fingerprint density at radius 1 is 1.22 bits per heavy atom. The second-order valence-corrected chi connectivity index (χ2v) is 5.05. The molecule has 0 aromatic heterocycles. The molecule has 1 heterocycles. The first-order valence-corrected chi connectivity index (χ1v) is 6.92. The summed E-state index contributed by atoms with van der Waals surface area (Å²) in [7, 11) is 0. The molecule has 1 saturated heterocycles. The maximum atomic E-state index is 5.79. The number of ether oxygens (including phenoxy) is 1. The van der Waals surface area contributed by atoms with Crippen molar-refractivity contribution in [2.24, 2.45) is 5.73 Å². The Kier molecular flexibility index (Phi) is 4.96. The molecule has 18 heavy (non-hydrogen) atoms. The van der Waals surface area contributed by atoms with Gasteiger partial charge in [-0.3, -0.25) is 4.90 Å². The van der Waals surface area contributed by atoms with E-state index in [0.29, 0.717) is 11.6 Å². The molecule has 2 N–H and O–H groups in total. The van der Waals surface area contributed by atoms with E-state index in [9.17, 15) is 0 Å². The first-order valence-electron chi connectivity index (χ1n) is 6.51. The highest BCUT2D eigenvalue weighted by atomic mass is 32.1. The first kappa shape index (κ1) is 13.3. The Morgan fingerprint density at radius 3 is 2.67 bits per heavy atom. The van der Waals surface area contributed by atoms with Gasteiger partial charge in [0.05, 0.1) is 5.56 Å². The Balaban J connectivity index is 1.84. The van der Waals surface area contributed by atoms with Crippen LogP contribution in [0.3, 0.4) is 0 Å². The maximum absolute atomic E-state index is 5.79. The molecule has 0 aliphatic carbocycles. The third kappa shape index (κ3) is 3.68. The number of benzene rings is 1. The van der Waals surface area contributed by atoms with Crippen molar-refractivity contribution in [2.45, 2.75) is 19.3 Å². The molecule has 0 atom stereocenters. The molecule has 0 amide bonds. The SMILES string of the molecule is NC(=S)c1ccccc1OCCN1CCCCC1. The normalized spacial score (nSPS) is 16.4. The van der Waals surface area contributed by atoms with Gasteiger partial charge >= 0.3 is 0 Å². The zero-order valence-corrected chi connectivity index (χ0v) is 11.4. The molecule has 0 unspecified atom stereocenters. The molecule has 0 saturated carbocycles. The number of hydrogen-bond donors (Lipinski definition) is 1. The third-order valence-corrected chi connectivity index (χ3v) is 3.49. The fraction of sp³-hybridized carbons (Fsp3) is 0.500. The molecule has 4 heteroatoms. The van der Waals surface area contributed by atoms with Gasteiger partial charge in [-0.25, -0.2) is 0 Å². The van der Waals surface area contributed by atoms with Gasteiger partial charge in [-0.15, -0.1) is 0 Å². The predicted octanol–water partition coefficient (Wildman–Crippen LogP) is 2.19. The molecule has 1 fully saturated rings. The van der Waals surface area contributed by atoms with Crippen LogP contribution in [0.4, 0.5) is 0 Å². The van der Waals surface area contributed by atoms with E-state index in [-0.39, 0.29) is 0 Å². The van der Waals surface area contributed by atoms with Crippen molar-refractivity contribution in [2.75, 3.05) is 26.2 Å². The largest absolute Gasteiger partial charge is 0.492 e. The number of nitrogens with two attached hydrogens (primary N) is 1. The smallest absolute Gasteiger partial charge is 0.129 e. The van der Waals surface area contributed by atoms with Gasteiger partial charge in [0.2, 0.25) is 0 Å². The fourth-order valence-electron chi connectivity index (χ4n) is 2.26. The number of piperidine rings is 1. The van der Waals surface area contributed by atoms with Gasteiger partial charge < -0.3 is 10.5 Å². The number of hydrogen-bond acceptors (Lipinski definition) is 3. The van der Waals surface area contributed by atoms with E-state index in [1.807, 2.05) is 24.3 Å². The van der Waals surface area contributed by atoms with Crippen molar-refractivity contribution in [3.63, 3.8) is 0 Å². The molecule has 1 aromatic carbocycles. The van der Waals surface area contributed by atoms with Crippen LogP contribution in [0.15, 0.2) is 24.3 Å². The van der Waals surface area contributed by atoms with E-state index in [2.05, 4.69) is 4.90 Å². The highest BCUT2D eigenvalue weighted by molar-refractivity contribution is 7.80. The van der Waals surface area contributed by atoms with E-state index in [0.717, 1.165) is 17.9 Å². The molecule has 2 rings (SSSR count). The van der Waals surface area contributed by atoms with Crippen LogP contribution in [0.2, 0.25) is 0 Å². The summed E-state index contributed by atoms with van der Waals surface area (Å²) in [6.07, 6.45) is 3.98. The van der Waals surface area contributed by atoms with Crippen LogP contribution in [-0.2, 0) is 0 Å².